The normalized spacial score (nSPS) is 11.0. The van der Waals surface area contributed by atoms with Gasteiger partial charge in [-0.15, -0.1) is 0 Å². The number of nitrogens with zero attached hydrogens (tertiary/aromatic N) is 2. The van der Waals surface area contributed by atoms with E-state index in [9.17, 15) is 4.79 Å². The summed E-state index contributed by atoms with van der Waals surface area (Å²) in [6.45, 7) is 3.22. The van der Waals surface area contributed by atoms with Crippen molar-refractivity contribution in [1.82, 2.24) is 19.9 Å². The van der Waals surface area contributed by atoms with E-state index in [4.69, 9.17) is 0 Å². The first-order valence-electron chi connectivity index (χ1n) is 6.69. The van der Waals surface area contributed by atoms with Gasteiger partial charge in [-0.1, -0.05) is 12.1 Å². The van der Waals surface area contributed by atoms with Gasteiger partial charge in [-0.25, -0.2) is 4.98 Å². The Morgan fingerprint density at radius 3 is 3.00 bits per heavy atom. The predicted octanol–water partition coefficient (Wildman–Crippen LogP) is 2.87. The number of H-pyrrole nitrogens is 1. The number of hydrogen-bond donors (Lipinski definition) is 2. The van der Waals surface area contributed by atoms with E-state index >= 15 is 0 Å². The second kappa shape index (κ2) is 5.73. The lowest BCUT2D eigenvalue weighted by molar-refractivity contribution is 0.0948. The molecule has 3 rings (SSSR count). The summed E-state index contributed by atoms with van der Waals surface area (Å²) in [7, 11) is 0. The molecule has 2 heterocycles. The summed E-state index contributed by atoms with van der Waals surface area (Å²) in [5.74, 6) is 0.843. The van der Waals surface area contributed by atoms with Crippen molar-refractivity contribution in [2.45, 2.75) is 13.5 Å². The second-order valence-electron chi connectivity index (χ2n) is 4.79. The lowest BCUT2D eigenvalue weighted by Gasteiger charge is -2.08. The number of aromatic amines is 1. The van der Waals surface area contributed by atoms with Gasteiger partial charge < -0.3 is 14.9 Å². The van der Waals surface area contributed by atoms with Crippen LogP contribution in [-0.2, 0) is 6.54 Å². The number of amides is 1. The number of aromatic nitrogens is 3. The van der Waals surface area contributed by atoms with Crippen molar-refractivity contribution >= 4 is 32.9 Å². The number of benzene rings is 1. The van der Waals surface area contributed by atoms with Crippen molar-refractivity contribution in [2.75, 3.05) is 6.54 Å². The fourth-order valence-corrected chi connectivity index (χ4v) is 2.70. The Hall–Kier alpha value is -2.08. The zero-order chi connectivity index (χ0) is 14.8. The number of imidazole rings is 1. The first kappa shape index (κ1) is 13.9. The molecule has 2 aromatic heterocycles. The molecule has 0 radical (unpaired) electrons. The van der Waals surface area contributed by atoms with E-state index < -0.39 is 0 Å². The van der Waals surface area contributed by atoms with Gasteiger partial charge in [0.05, 0.1) is 11.0 Å². The van der Waals surface area contributed by atoms with Gasteiger partial charge in [0.15, 0.2) is 0 Å². The lowest BCUT2D eigenvalue weighted by atomic mass is 10.3. The highest BCUT2D eigenvalue weighted by Gasteiger charge is 2.09. The van der Waals surface area contributed by atoms with Gasteiger partial charge in [0, 0.05) is 23.8 Å². The standard InChI is InChI=1S/C15H15BrN4O/c1-10-19-12-4-2-3-5-14(12)20(10)7-6-17-15(21)13-8-11(16)9-18-13/h2-5,8-9,18H,6-7H2,1H3,(H,17,21). The van der Waals surface area contributed by atoms with Crippen LogP contribution in [0.4, 0.5) is 0 Å². The minimum absolute atomic E-state index is 0.109. The molecule has 2 N–H and O–H groups in total. The Morgan fingerprint density at radius 2 is 2.24 bits per heavy atom. The Labute approximate surface area is 130 Å². The van der Waals surface area contributed by atoms with E-state index in [1.54, 1.807) is 12.3 Å². The zero-order valence-corrected chi connectivity index (χ0v) is 13.1. The molecule has 0 spiro atoms. The van der Waals surface area contributed by atoms with Crippen LogP contribution in [0.2, 0.25) is 0 Å². The molecule has 1 amide bonds. The number of halogens is 1. The van der Waals surface area contributed by atoms with E-state index in [1.807, 2.05) is 31.2 Å². The number of hydrogen-bond acceptors (Lipinski definition) is 2. The highest BCUT2D eigenvalue weighted by molar-refractivity contribution is 9.10. The third-order valence-corrected chi connectivity index (χ3v) is 3.82. The molecule has 3 aromatic rings. The first-order chi connectivity index (χ1) is 10.1. The molecule has 5 nitrogen and oxygen atoms in total. The van der Waals surface area contributed by atoms with E-state index in [-0.39, 0.29) is 5.91 Å². The summed E-state index contributed by atoms with van der Waals surface area (Å²) in [6.07, 6.45) is 1.74. The van der Waals surface area contributed by atoms with Crippen LogP contribution < -0.4 is 5.32 Å². The summed E-state index contributed by atoms with van der Waals surface area (Å²) in [6, 6.07) is 9.76. The van der Waals surface area contributed by atoms with Gasteiger partial charge in [0.2, 0.25) is 0 Å². The highest BCUT2D eigenvalue weighted by Crippen LogP contribution is 2.15. The Morgan fingerprint density at radius 1 is 1.43 bits per heavy atom. The summed E-state index contributed by atoms with van der Waals surface area (Å²) >= 11 is 3.31. The Bertz CT molecular complexity index is 790. The maximum Gasteiger partial charge on any atom is 0.267 e. The summed E-state index contributed by atoms with van der Waals surface area (Å²) in [5, 5.41) is 2.90. The molecular weight excluding hydrogens is 332 g/mol. The van der Waals surface area contributed by atoms with E-state index in [2.05, 4.69) is 35.8 Å². The third-order valence-electron chi connectivity index (χ3n) is 3.36. The van der Waals surface area contributed by atoms with Gasteiger partial charge >= 0.3 is 0 Å². The molecule has 108 valence electrons. The average molecular weight is 347 g/mol. The molecule has 0 saturated carbocycles. The summed E-state index contributed by atoms with van der Waals surface area (Å²) in [5.41, 5.74) is 2.62. The van der Waals surface area contributed by atoms with Gasteiger partial charge in [-0.2, -0.15) is 0 Å². The first-order valence-corrected chi connectivity index (χ1v) is 7.48. The molecule has 0 bridgehead atoms. The van der Waals surface area contributed by atoms with Crippen molar-refractivity contribution in [1.29, 1.82) is 0 Å². The topological polar surface area (TPSA) is 62.7 Å². The van der Waals surface area contributed by atoms with Gasteiger partial charge in [0.25, 0.3) is 5.91 Å². The van der Waals surface area contributed by atoms with E-state index in [1.165, 1.54) is 0 Å². The Balaban J connectivity index is 1.67. The lowest BCUT2D eigenvalue weighted by Crippen LogP contribution is -2.27. The molecule has 0 aliphatic carbocycles. The van der Waals surface area contributed by atoms with Crippen LogP contribution in [0.15, 0.2) is 41.0 Å². The zero-order valence-electron chi connectivity index (χ0n) is 11.6. The predicted molar refractivity (Wildman–Crippen MR) is 85.3 cm³/mol. The average Bonchev–Trinajstić information content (AvgIpc) is 3.03. The Kier molecular flexibility index (Phi) is 3.79. The molecule has 0 aliphatic rings. The molecule has 6 heteroatoms. The number of nitrogens with one attached hydrogen (secondary N) is 2. The largest absolute Gasteiger partial charge is 0.356 e. The molecule has 0 fully saturated rings. The van der Waals surface area contributed by atoms with Crippen LogP contribution in [0.5, 0.6) is 0 Å². The summed E-state index contributed by atoms with van der Waals surface area (Å²) in [4.78, 5) is 19.4. The van der Waals surface area contributed by atoms with Crippen molar-refractivity contribution in [3.63, 3.8) is 0 Å². The van der Waals surface area contributed by atoms with Crippen LogP contribution >= 0.6 is 15.9 Å². The minimum Gasteiger partial charge on any atom is -0.356 e. The molecule has 21 heavy (non-hydrogen) atoms. The van der Waals surface area contributed by atoms with Gasteiger partial charge in [0.1, 0.15) is 11.5 Å². The smallest absolute Gasteiger partial charge is 0.267 e. The molecule has 1 aromatic carbocycles. The quantitative estimate of drug-likeness (QED) is 0.762. The second-order valence-corrected chi connectivity index (χ2v) is 5.70. The van der Waals surface area contributed by atoms with Crippen LogP contribution in [0.1, 0.15) is 16.3 Å². The van der Waals surface area contributed by atoms with Crippen LogP contribution in [-0.4, -0.2) is 27.0 Å². The van der Waals surface area contributed by atoms with Crippen molar-refractivity contribution in [3.8, 4) is 0 Å². The molecule has 0 aliphatic heterocycles. The highest BCUT2D eigenvalue weighted by atomic mass is 79.9. The fraction of sp³-hybridized carbons (Fsp3) is 0.200. The number of carbonyl (C=O) groups excluding carboxylic acids is 1. The SMILES string of the molecule is Cc1nc2ccccc2n1CCNC(=O)c1cc(Br)c[nH]1. The summed E-state index contributed by atoms with van der Waals surface area (Å²) < 4.78 is 2.98. The molecular formula is C15H15BrN4O. The molecule has 0 unspecified atom stereocenters. The molecule has 0 saturated heterocycles. The van der Waals surface area contributed by atoms with Gasteiger partial charge in [-0.05, 0) is 41.1 Å². The molecule has 0 atom stereocenters. The van der Waals surface area contributed by atoms with Crippen molar-refractivity contribution in [2.24, 2.45) is 0 Å². The van der Waals surface area contributed by atoms with Crippen molar-refractivity contribution in [3.05, 3.63) is 52.5 Å². The van der Waals surface area contributed by atoms with E-state index in [0.29, 0.717) is 18.8 Å². The minimum atomic E-state index is -0.109. The number of carbonyl (C=O) groups is 1. The number of fused-ring (bicyclic) bond motifs is 1. The van der Waals surface area contributed by atoms with Crippen LogP contribution in [0, 0.1) is 6.92 Å². The van der Waals surface area contributed by atoms with Crippen LogP contribution in [0.3, 0.4) is 0 Å². The number of aryl methyl sites for hydroxylation is 1. The van der Waals surface area contributed by atoms with Crippen LogP contribution in [0.25, 0.3) is 11.0 Å². The third kappa shape index (κ3) is 2.85. The number of para-hydroxylation sites is 2. The van der Waals surface area contributed by atoms with Crippen molar-refractivity contribution < 1.29 is 4.79 Å². The number of rotatable bonds is 4. The fourth-order valence-electron chi connectivity index (χ4n) is 2.35. The monoisotopic (exact) mass is 346 g/mol. The van der Waals surface area contributed by atoms with E-state index in [0.717, 1.165) is 21.3 Å². The maximum atomic E-state index is 11.9. The van der Waals surface area contributed by atoms with Gasteiger partial charge in [-0.3, -0.25) is 4.79 Å². The maximum absolute atomic E-state index is 11.9.